The number of phenols is 1. The zero-order chi connectivity index (χ0) is 13.9. The quantitative estimate of drug-likeness (QED) is 0.737. The molecule has 0 fully saturated rings. The summed E-state index contributed by atoms with van der Waals surface area (Å²) < 4.78 is 7.30. The van der Waals surface area contributed by atoms with Crippen molar-refractivity contribution in [2.45, 2.75) is 0 Å². The molecule has 5 nitrogen and oxygen atoms in total. The topological polar surface area (TPSA) is 63.8 Å². The first-order valence-corrected chi connectivity index (χ1v) is 6.11. The number of aromatic hydroxyl groups is 1. The van der Waals surface area contributed by atoms with Crippen LogP contribution in [0.5, 0.6) is 11.5 Å². The van der Waals surface area contributed by atoms with Gasteiger partial charge in [0.25, 0.3) is 0 Å². The van der Waals surface area contributed by atoms with Crippen LogP contribution in [-0.4, -0.2) is 27.4 Å². The molecule has 20 heavy (non-hydrogen) atoms. The highest BCUT2D eigenvalue weighted by Crippen LogP contribution is 2.33. The molecule has 100 valence electrons. The number of rotatable bonds is 4. The van der Waals surface area contributed by atoms with Crippen LogP contribution in [0.3, 0.4) is 0 Å². The minimum absolute atomic E-state index is 0.0592. The van der Waals surface area contributed by atoms with Crippen molar-refractivity contribution in [3.8, 4) is 22.8 Å². The second kappa shape index (κ2) is 5.05. The van der Waals surface area contributed by atoms with Crippen molar-refractivity contribution in [1.82, 2.24) is 9.38 Å². The summed E-state index contributed by atoms with van der Waals surface area (Å²) >= 11 is 0. The lowest BCUT2D eigenvalue weighted by molar-refractivity contribution is -0.109. The fraction of sp³-hybridized carbons (Fsp3) is 0.0667. The number of imidazole rings is 1. The molecule has 3 aromatic rings. The molecule has 0 aliphatic rings. The van der Waals surface area contributed by atoms with Gasteiger partial charge in [-0.1, -0.05) is 6.07 Å². The van der Waals surface area contributed by atoms with Gasteiger partial charge in [-0.15, -0.1) is 0 Å². The lowest BCUT2D eigenvalue weighted by Gasteiger charge is -2.12. The van der Waals surface area contributed by atoms with E-state index < -0.39 is 0 Å². The Bertz CT molecular complexity index is 765. The highest BCUT2D eigenvalue weighted by Gasteiger charge is 2.11. The van der Waals surface area contributed by atoms with Gasteiger partial charge in [-0.2, -0.15) is 0 Å². The van der Waals surface area contributed by atoms with E-state index in [0.717, 1.165) is 16.9 Å². The minimum Gasteiger partial charge on any atom is -0.508 e. The molecule has 0 bridgehead atoms. The maximum absolute atomic E-state index is 10.5. The van der Waals surface area contributed by atoms with Gasteiger partial charge in [0.2, 0.25) is 0 Å². The van der Waals surface area contributed by atoms with Crippen molar-refractivity contribution >= 4 is 11.9 Å². The number of aromatic nitrogens is 2. The van der Waals surface area contributed by atoms with Gasteiger partial charge in [0.05, 0.1) is 5.69 Å². The van der Waals surface area contributed by atoms with Crippen molar-refractivity contribution in [2.24, 2.45) is 0 Å². The fourth-order valence-electron chi connectivity index (χ4n) is 2.13. The molecule has 1 N–H and O–H groups in total. The first-order valence-electron chi connectivity index (χ1n) is 6.11. The maximum Gasteiger partial charge on any atom is 0.157 e. The summed E-state index contributed by atoms with van der Waals surface area (Å²) in [6.45, 7) is -0.0592. The van der Waals surface area contributed by atoms with Crippen molar-refractivity contribution in [3.05, 3.63) is 48.8 Å². The van der Waals surface area contributed by atoms with E-state index in [0.29, 0.717) is 12.0 Å². The van der Waals surface area contributed by atoms with Gasteiger partial charge < -0.3 is 9.84 Å². The number of hydrogen-bond donors (Lipinski definition) is 1. The van der Waals surface area contributed by atoms with Crippen LogP contribution in [0.4, 0.5) is 0 Å². The smallest absolute Gasteiger partial charge is 0.157 e. The minimum atomic E-state index is -0.0592. The fourth-order valence-corrected chi connectivity index (χ4v) is 2.13. The van der Waals surface area contributed by atoms with Gasteiger partial charge in [-0.05, 0) is 24.3 Å². The molecule has 0 unspecified atom stereocenters. The number of phenolic OH excluding ortho intramolecular Hbond substituents is 1. The summed E-state index contributed by atoms with van der Waals surface area (Å²) in [6.07, 6.45) is 4.23. The monoisotopic (exact) mass is 268 g/mol. The Hall–Kier alpha value is -2.82. The number of carbonyl (C=O) groups is 1. The average Bonchev–Trinajstić information content (AvgIpc) is 2.94. The third kappa shape index (κ3) is 2.09. The molecule has 1 aromatic carbocycles. The summed E-state index contributed by atoms with van der Waals surface area (Å²) in [5.41, 5.74) is 2.48. The molecule has 3 rings (SSSR count). The van der Waals surface area contributed by atoms with Crippen LogP contribution in [-0.2, 0) is 4.79 Å². The Morgan fingerprint density at radius 1 is 1.30 bits per heavy atom. The highest BCUT2D eigenvalue weighted by molar-refractivity contribution is 5.71. The molecule has 0 atom stereocenters. The van der Waals surface area contributed by atoms with Gasteiger partial charge in [0.15, 0.2) is 6.29 Å². The molecule has 0 amide bonds. The molecule has 0 radical (unpaired) electrons. The Morgan fingerprint density at radius 3 is 3.05 bits per heavy atom. The number of fused-ring (bicyclic) bond motifs is 1. The lowest BCUT2D eigenvalue weighted by atomic mass is 10.1. The molecule has 0 saturated carbocycles. The average molecular weight is 268 g/mol. The van der Waals surface area contributed by atoms with E-state index in [2.05, 4.69) is 4.98 Å². The Kier molecular flexibility index (Phi) is 3.09. The molecular formula is C15H12N2O3. The second-order valence-corrected chi connectivity index (χ2v) is 4.22. The Balaban J connectivity index is 2.18. The maximum atomic E-state index is 10.5. The van der Waals surface area contributed by atoms with Crippen LogP contribution in [0.15, 0.2) is 48.8 Å². The summed E-state index contributed by atoms with van der Waals surface area (Å²) in [5, 5.41) is 9.57. The first kappa shape index (κ1) is 12.2. The van der Waals surface area contributed by atoms with E-state index in [1.54, 1.807) is 18.3 Å². The summed E-state index contributed by atoms with van der Waals surface area (Å²) in [4.78, 5) is 14.7. The van der Waals surface area contributed by atoms with Crippen molar-refractivity contribution in [3.63, 3.8) is 0 Å². The van der Waals surface area contributed by atoms with E-state index >= 15 is 0 Å². The van der Waals surface area contributed by atoms with Crippen LogP contribution in [0.25, 0.3) is 16.9 Å². The number of hydrogen-bond acceptors (Lipinski definition) is 4. The zero-order valence-electron chi connectivity index (χ0n) is 10.6. The lowest BCUT2D eigenvalue weighted by Crippen LogP contribution is -2.00. The molecule has 0 spiro atoms. The number of pyridine rings is 1. The largest absolute Gasteiger partial charge is 0.508 e. The molecule has 0 aliphatic heterocycles. The standard InChI is InChI=1S/C15H12N2O3/c18-8-9-20-14-10-11(19)4-5-12(14)13-2-1-3-15-16-6-7-17(13)15/h1-8,10,19H,9H2. The van der Waals surface area contributed by atoms with Crippen LogP contribution >= 0.6 is 0 Å². The summed E-state index contributed by atoms with van der Waals surface area (Å²) in [6, 6.07) is 10.6. The molecule has 0 saturated heterocycles. The predicted octanol–water partition coefficient (Wildman–Crippen LogP) is 2.28. The van der Waals surface area contributed by atoms with Crippen molar-refractivity contribution < 1.29 is 14.6 Å². The molecule has 0 aliphatic carbocycles. The third-order valence-electron chi connectivity index (χ3n) is 2.98. The molecule has 2 heterocycles. The van der Waals surface area contributed by atoms with Gasteiger partial charge in [0.1, 0.15) is 23.8 Å². The van der Waals surface area contributed by atoms with Gasteiger partial charge in [-0.25, -0.2) is 4.98 Å². The second-order valence-electron chi connectivity index (χ2n) is 4.22. The molecule has 5 heteroatoms. The van der Waals surface area contributed by atoms with Crippen LogP contribution in [0, 0.1) is 0 Å². The van der Waals surface area contributed by atoms with E-state index in [-0.39, 0.29) is 12.4 Å². The number of nitrogens with zero attached hydrogens (tertiary/aromatic N) is 2. The van der Waals surface area contributed by atoms with E-state index in [9.17, 15) is 9.90 Å². The zero-order valence-corrected chi connectivity index (χ0v) is 10.6. The summed E-state index contributed by atoms with van der Waals surface area (Å²) in [5.74, 6) is 0.547. The first-order chi connectivity index (χ1) is 9.79. The van der Waals surface area contributed by atoms with E-state index in [4.69, 9.17) is 4.74 Å². The SMILES string of the molecule is O=CCOc1cc(O)ccc1-c1cccc2nccn12. The van der Waals surface area contributed by atoms with Crippen molar-refractivity contribution in [2.75, 3.05) is 6.61 Å². The predicted molar refractivity (Wildman–Crippen MR) is 73.9 cm³/mol. The number of ether oxygens (including phenoxy) is 1. The third-order valence-corrected chi connectivity index (χ3v) is 2.98. The van der Waals surface area contributed by atoms with E-state index in [1.165, 1.54) is 6.07 Å². The van der Waals surface area contributed by atoms with Crippen molar-refractivity contribution in [1.29, 1.82) is 0 Å². The number of benzene rings is 1. The van der Waals surface area contributed by atoms with Gasteiger partial charge in [0, 0.05) is 24.0 Å². The number of carbonyl (C=O) groups excluding carboxylic acids is 1. The molecule has 2 aromatic heterocycles. The van der Waals surface area contributed by atoms with E-state index in [1.807, 2.05) is 28.8 Å². The van der Waals surface area contributed by atoms with Gasteiger partial charge in [-0.3, -0.25) is 9.20 Å². The van der Waals surface area contributed by atoms with Gasteiger partial charge >= 0.3 is 0 Å². The van der Waals surface area contributed by atoms with Crippen LogP contribution in [0.1, 0.15) is 0 Å². The number of aldehydes is 1. The summed E-state index contributed by atoms with van der Waals surface area (Å²) in [7, 11) is 0. The molecular weight excluding hydrogens is 256 g/mol. The van der Waals surface area contributed by atoms with Crippen LogP contribution in [0.2, 0.25) is 0 Å². The van der Waals surface area contributed by atoms with Crippen LogP contribution < -0.4 is 4.74 Å². The normalized spacial score (nSPS) is 10.6. The highest BCUT2D eigenvalue weighted by atomic mass is 16.5. The Morgan fingerprint density at radius 2 is 2.20 bits per heavy atom. The Labute approximate surface area is 115 Å².